The van der Waals surface area contributed by atoms with Crippen LogP contribution in [0.1, 0.15) is 11.1 Å². The molecule has 24 heavy (non-hydrogen) atoms. The maximum absolute atomic E-state index is 11.6. The molecule has 0 unspecified atom stereocenters. The number of ether oxygens (including phenoxy) is 2. The van der Waals surface area contributed by atoms with Crippen LogP contribution in [0.3, 0.4) is 0 Å². The van der Waals surface area contributed by atoms with Crippen molar-refractivity contribution in [2.24, 2.45) is 0 Å². The summed E-state index contributed by atoms with van der Waals surface area (Å²) >= 11 is 6.49. The Morgan fingerprint density at radius 3 is 2.62 bits per heavy atom. The minimum Gasteiger partial charge on any atom is -0.462 e. The quantitative estimate of drug-likeness (QED) is 0.621. The second-order valence-electron chi connectivity index (χ2n) is 5.90. The van der Waals surface area contributed by atoms with E-state index in [0.29, 0.717) is 29.4 Å². The van der Waals surface area contributed by atoms with Crippen molar-refractivity contribution < 1.29 is 23.5 Å². The SMILES string of the molecule is Cc1c(Cl)c(C)c2ccoc2c1N1CCNCC12OC(=O)C(=O)O2. The van der Waals surface area contributed by atoms with Gasteiger partial charge in [0.15, 0.2) is 5.58 Å². The summed E-state index contributed by atoms with van der Waals surface area (Å²) in [6, 6.07) is 1.83. The van der Waals surface area contributed by atoms with Crippen LogP contribution in [-0.2, 0) is 19.1 Å². The molecular formula is C16H15ClN2O5. The van der Waals surface area contributed by atoms with Crippen LogP contribution in [0.5, 0.6) is 0 Å². The molecule has 4 rings (SSSR count). The monoisotopic (exact) mass is 350 g/mol. The van der Waals surface area contributed by atoms with Gasteiger partial charge in [-0.2, -0.15) is 0 Å². The Balaban J connectivity index is 1.94. The molecule has 2 aromatic rings. The second-order valence-corrected chi connectivity index (χ2v) is 6.27. The fourth-order valence-electron chi connectivity index (χ4n) is 3.35. The van der Waals surface area contributed by atoms with E-state index in [9.17, 15) is 9.59 Å². The number of esters is 2. The first-order chi connectivity index (χ1) is 11.4. The van der Waals surface area contributed by atoms with Crippen molar-refractivity contribution in [2.75, 3.05) is 24.5 Å². The van der Waals surface area contributed by atoms with E-state index in [1.165, 1.54) is 0 Å². The number of carbonyl (C=O) groups is 2. The summed E-state index contributed by atoms with van der Waals surface area (Å²) in [5.41, 5.74) is 2.97. The zero-order valence-corrected chi connectivity index (χ0v) is 13.9. The molecule has 0 saturated carbocycles. The standard InChI is InChI=1S/C16H15ClN2O5/c1-8-10-3-6-22-13(10)12(9(2)11(8)17)19-5-4-18-7-16(19)23-14(20)15(21)24-16/h3,6,18H,4-5,7H2,1-2H3. The van der Waals surface area contributed by atoms with Crippen LogP contribution in [0.2, 0.25) is 5.02 Å². The topological polar surface area (TPSA) is 81.0 Å². The van der Waals surface area contributed by atoms with Gasteiger partial charge in [0, 0.05) is 23.5 Å². The maximum atomic E-state index is 11.6. The first-order valence-electron chi connectivity index (χ1n) is 7.55. The van der Waals surface area contributed by atoms with Crippen molar-refractivity contribution in [2.45, 2.75) is 19.8 Å². The fraction of sp³-hybridized carbons (Fsp3) is 0.375. The Bertz CT molecular complexity index is 859. The van der Waals surface area contributed by atoms with Crippen molar-refractivity contribution >= 4 is 40.2 Å². The summed E-state index contributed by atoms with van der Waals surface area (Å²) in [5, 5.41) is 4.55. The number of furan rings is 1. The van der Waals surface area contributed by atoms with Gasteiger partial charge in [0.1, 0.15) is 0 Å². The molecule has 0 atom stereocenters. The molecule has 3 heterocycles. The molecular weight excluding hydrogens is 336 g/mol. The van der Waals surface area contributed by atoms with Gasteiger partial charge in [-0.25, -0.2) is 9.59 Å². The van der Waals surface area contributed by atoms with Gasteiger partial charge in [-0.1, -0.05) is 11.6 Å². The lowest BCUT2D eigenvalue weighted by atomic mass is 10.0. The lowest BCUT2D eigenvalue weighted by Gasteiger charge is -2.42. The van der Waals surface area contributed by atoms with Crippen LogP contribution in [-0.4, -0.2) is 37.5 Å². The molecule has 1 aromatic carbocycles. The number of fused-ring (bicyclic) bond motifs is 1. The molecule has 1 aromatic heterocycles. The molecule has 2 fully saturated rings. The zero-order chi connectivity index (χ0) is 17.1. The molecule has 126 valence electrons. The number of aryl methyl sites for hydroxylation is 1. The van der Waals surface area contributed by atoms with Crippen molar-refractivity contribution in [1.82, 2.24) is 5.32 Å². The summed E-state index contributed by atoms with van der Waals surface area (Å²) in [7, 11) is 0. The van der Waals surface area contributed by atoms with E-state index >= 15 is 0 Å². The van der Waals surface area contributed by atoms with Gasteiger partial charge in [0.25, 0.3) is 0 Å². The van der Waals surface area contributed by atoms with E-state index in [-0.39, 0.29) is 6.54 Å². The Kier molecular flexibility index (Phi) is 3.26. The Morgan fingerprint density at radius 1 is 1.21 bits per heavy atom. The molecule has 7 nitrogen and oxygen atoms in total. The smallest absolute Gasteiger partial charge is 0.422 e. The number of halogens is 1. The van der Waals surface area contributed by atoms with Crippen molar-refractivity contribution in [3.63, 3.8) is 0 Å². The highest BCUT2D eigenvalue weighted by atomic mass is 35.5. The van der Waals surface area contributed by atoms with Gasteiger partial charge in [0.05, 0.1) is 18.5 Å². The normalized spacial score (nSPS) is 19.9. The van der Waals surface area contributed by atoms with Crippen LogP contribution in [0.25, 0.3) is 11.0 Å². The maximum Gasteiger partial charge on any atom is 0.422 e. The van der Waals surface area contributed by atoms with Gasteiger partial charge < -0.3 is 19.2 Å². The predicted octanol–water partition coefficient (Wildman–Crippen LogP) is 1.87. The Hall–Kier alpha value is -2.25. The number of hydrogen-bond acceptors (Lipinski definition) is 7. The molecule has 1 N–H and O–H groups in total. The lowest BCUT2D eigenvalue weighted by molar-refractivity contribution is -0.180. The third kappa shape index (κ3) is 1.94. The number of rotatable bonds is 1. The predicted molar refractivity (Wildman–Crippen MR) is 85.8 cm³/mol. The minimum absolute atomic E-state index is 0.164. The van der Waals surface area contributed by atoms with E-state index in [0.717, 1.165) is 16.5 Å². The summed E-state index contributed by atoms with van der Waals surface area (Å²) in [6.45, 7) is 5.03. The van der Waals surface area contributed by atoms with E-state index in [2.05, 4.69) is 5.32 Å². The van der Waals surface area contributed by atoms with Crippen molar-refractivity contribution in [1.29, 1.82) is 0 Å². The minimum atomic E-state index is -1.52. The first kappa shape index (κ1) is 15.3. The van der Waals surface area contributed by atoms with Gasteiger partial charge in [0.2, 0.25) is 0 Å². The third-order valence-electron chi connectivity index (χ3n) is 4.51. The summed E-state index contributed by atoms with van der Waals surface area (Å²) < 4.78 is 16.2. The van der Waals surface area contributed by atoms with Gasteiger partial charge >= 0.3 is 17.8 Å². The number of benzene rings is 1. The highest BCUT2D eigenvalue weighted by Crippen LogP contribution is 2.43. The van der Waals surface area contributed by atoms with Crippen LogP contribution in [0.4, 0.5) is 5.69 Å². The Morgan fingerprint density at radius 2 is 1.92 bits per heavy atom. The molecule has 0 amide bonds. The molecule has 2 aliphatic heterocycles. The molecule has 0 bridgehead atoms. The van der Waals surface area contributed by atoms with E-state index < -0.39 is 17.8 Å². The average molecular weight is 351 g/mol. The summed E-state index contributed by atoms with van der Waals surface area (Å²) in [4.78, 5) is 25.0. The van der Waals surface area contributed by atoms with Gasteiger partial charge in [-0.15, -0.1) is 0 Å². The average Bonchev–Trinajstić information content (AvgIpc) is 3.13. The third-order valence-corrected chi connectivity index (χ3v) is 5.08. The van der Waals surface area contributed by atoms with Crippen LogP contribution < -0.4 is 10.2 Å². The molecule has 8 heteroatoms. The van der Waals surface area contributed by atoms with Gasteiger partial charge in [-0.05, 0) is 31.0 Å². The highest BCUT2D eigenvalue weighted by Gasteiger charge is 2.55. The molecule has 0 aliphatic carbocycles. The number of anilines is 1. The molecule has 2 saturated heterocycles. The number of nitrogens with one attached hydrogen (secondary N) is 1. The molecule has 2 aliphatic rings. The Labute approximate surface area is 142 Å². The second kappa shape index (κ2) is 5.12. The van der Waals surface area contributed by atoms with E-state index in [1.807, 2.05) is 19.9 Å². The van der Waals surface area contributed by atoms with Crippen molar-refractivity contribution in [3.8, 4) is 0 Å². The zero-order valence-electron chi connectivity index (χ0n) is 13.1. The molecule has 1 spiro atoms. The number of hydrogen-bond donors (Lipinski definition) is 1. The van der Waals surface area contributed by atoms with Crippen molar-refractivity contribution in [3.05, 3.63) is 28.5 Å². The highest BCUT2D eigenvalue weighted by molar-refractivity contribution is 6.34. The fourth-order valence-corrected chi connectivity index (χ4v) is 3.54. The van der Waals surface area contributed by atoms with Gasteiger partial charge in [-0.3, -0.25) is 4.90 Å². The van der Waals surface area contributed by atoms with E-state index in [4.69, 9.17) is 25.5 Å². The van der Waals surface area contributed by atoms with E-state index in [1.54, 1.807) is 11.2 Å². The number of piperazine rings is 1. The lowest BCUT2D eigenvalue weighted by Crippen LogP contribution is -2.63. The summed E-state index contributed by atoms with van der Waals surface area (Å²) in [5.74, 6) is -3.53. The van der Waals surface area contributed by atoms with Crippen LogP contribution >= 0.6 is 11.6 Å². The van der Waals surface area contributed by atoms with Crippen LogP contribution in [0, 0.1) is 13.8 Å². The number of nitrogens with zero attached hydrogens (tertiary/aromatic N) is 1. The number of carbonyl (C=O) groups excluding carboxylic acids is 2. The van der Waals surface area contributed by atoms with Crippen LogP contribution in [0.15, 0.2) is 16.7 Å². The summed E-state index contributed by atoms with van der Waals surface area (Å²) in [6.07, 6.45) is 1.58. The molecule has 0 radical (unpaired) electrons. The largest absolute Gasteiger partial charge is 0.462 e. The first-order valence-corrected chi connectivity index (χ1v) is 7.93.